The molecular formula is C21H22N6. The number of piperidine rings is 1. The van der Waals surface area contributed by atoms with Crippen LogP contribution in [0.3, 0.4) is 0 Å². The molecule has 1 aliphatic rings. The monoisotopic (exact) mass is 358 g/mol. The van der Waals surface area contributed by atoms with E-state index in [1.165, 1.54) is 32.4 Å². The maximum Gasteiger partial charge on any atom is 0.161 e. The Morgan fingerprint density at radius 2 is 1.74 bits per heavy atom. The Bertz CT molecular complexity index is 1080. The Morgan fingerprint density at radius 1 is 0.852 bits per heavy atom. The highest BCUT2D eigenvalue weighted by atomic mass is 15.3. The van der Waals surface area contributed by atoms with Crippen molar-refractivity contribution in [3.8, 4) is 11.3 Å². The zero-order chi connectivity index (χ0) is 18.1. The summed E-state index contributed by atoms with van der Waals surface area (Å²) in [5.41, 5.74) is 2.81. The van der Waals surface area contributed by atoms with E-state index in [9.17, 15) is 0 Å². The molecule has 0 radical (unpaired) electrons. The number of rotatable bonds is 4. The number of aromatic nitrogens is 5. The minimum atomic E-state index is 0.855. The van der Waals surface area contributed by atoms with Gasteiger partial charge in [0, 0.05) is 29.9 Å². The number of pyridine rings is 1. The van der Waals surface area contributed by atoms with Crippen molar-refractivity contribution in [2.24, 2.45) is 0 Å². The summed E-state index contributed by atoms with van der Waals surface area (Å²) in [5, 5.41) is 7.85. The molecule has 1 fully saturated rings. The summed E-state index contributed by atoms with van der Waals surface area (Å²) in [6.07, 6.45) is 11.3. The van der Waals surface area contributed by atoms with Crippen LogP contribution in [0.4, 0.5) is 0 Å². The third-order valence-electron chi connectivity index (χ3n) is 5.43. The molecule has 1 saturated heterocycles. The Labute approximate surface area is 157 Å². The summed E-state index contributed by atoms with van der Waals surface area (Å²) >= 11 is 0. The van der Waals surface area contributed by atoms with Crippen molar-refractivity contribution < 1.29 is 0 Å². The van der Waals surface area contributed by atoms with E-state index in [0.29, 0.717) is 0 Å². The van der Waals surface area contributed by atoms with Crippen molar-refractivity contribution in [3.63, 3.8) is 0 Å². The normalized spacial score (nSPS) is 15.6. The lowest BCUT2D eigenvalue weighted by Crippen LogP contribution is -2.32. The molecule has 6 nitrogen and oxygen atoms in total. The van der Waals surface area contributed by atoms with Crippen LogP contribution in [0, 0.1) is 0 Å². The number of nitrogens with zero attached hydrogens (tertiary/aromatic N) is 6. The Balaban J connectivity index is 1.52. The molecule has 0 bridgehead atoms. The molecule has 27 heavy (non-hydrogen) atoms. The molecule has 0 aliphatic carbocycles. The maximum atomic E-state index is 4.61. The maximum absolute atomic E-state index is 4.61. The first-order chi connectivity index (χ1) is 13.4. The van der Waals surface area contributed by atoms with E-state index >= 15 is 0 Å². The van der Waals surface area contributed by atoms with Crippen LogP contribution in [0.25, 0.3) is 33.1 Å². The van der Waals surface area contributed by atoms with E-state index in [4.69, 9.17) is 0 Å². The van der Waals surface area contributed by atoms with Crippen LogP contribution in [0.1, 0.15) is 19.3 Å². The van der Waals surface area contributed by atoms with E-state index in [1.807, 2.05) is 35.4 Å². The van der Waals surface area contributed by atoms with Gasteiger partial charge in [0.25, 0.3) is 0 Å². The number of hydrogen-bond acceptors (Lipinski definition) is 5. The average molecular weight is 358 g/mol. The highest BCUT2D eigenvalue weighted by Crippen LogP contribution is 2.30. The zero-order valence-electron chi connectivity index (χ0n) is 15.3. The largest absolute Gasteiger partial charge is 0.301 e. The molecule has 1 aliphatic heterocycles. The summed E-state index contributed by atoms with van der Waals surface area (Å²) in [7, 11) is 0. The standard InChI is InChI=1S/C21H22N6/c1-4-8-26(9-5-1)10-11-27-21-19(14-25-27)20(23-15-24-21)18-13-22-12-16-6-2-3-7-17(16)18/h2-3,6-7,12-15H,1,4-5,8-11H2. The summed E-state index contributed by atoms with van der Waals surface area (Å²) < 4.78 is 2.01. The molecule has 0 spiro atoms. The average Bonchev–Trinajstić information content (AvgIpc) is 3.16. The molecule has 0 N–H and O–H groups in total. The van der Waals surface area contributed by atoms with Gasteiger partial charge in [-0.1, -0.05) is 30.7 Å². The molecule has 0 saturated carbocycles. The minimum absolute atomic E-state index is 0.855. The first-order valence-electron chi connectivity index (χ1n) is 9.62. The van der Waals surface area contributed by atoms with Crippen LogP contribution < -0.4 is 0 Å². The van der Waals surface area contributed by atoms with Crippen molar-refractivity contribution in [2.45, 2.75) is 25.8 Å². The molecule has 5 rings (SSSR count). The van der Waals surface area contributed by atoms with Gasteiger partial charge in [-0.2, -0.15) is 5.10 Å². The van der Waals surface area contributed by atoms with Gasteiger partial charge in [0.1, 0.15) is 6.33 Å². The molecule has 0 atom stereocenters. The van der Waals surface area contributed by atoms with Crippen molar-refractivity contribution in [1.82, 2.24) is 29.6 Å². The molecular weight excluding hydrogens is 336 g/mol. The second-order valence-corrected chi connectivity index (χ2v) is 7.14. The Hall–Kier alpha value is -2.86. The predicted octanol–water partition coefficient (Wildman–Crippen LogP) is 3.53. The van der Waals surface area contributed by atoms with Gasteiger partial charge >= 0.3 is 0 Å². The van der Waals surface area contributed by atoms with Gasteiger partial charge in [-0.3, -0.25) is 4.98 Å². The topological polar surface area (TPSA) is 59.7 Å². The second kappa shape index (κ2) is 7.04. The van der Waals surface area contributed by atoms with Crippen LogP contribution in [-0.2, 0) is 6.54 Å². The van der Waals surface area contributed by atoms with Gasteiger partial charge in [-0.05, 0) is 31.3 Å². The summed E-state index contributed by atoms with van der Waals surface area (Å²) in [6.45, 7) is 4.27. The highest BCUT2D eigenvalue weighted by Gasteiger charge is 2.15. The Kier molecular flexibility index (Phi) is 4.26. The molecule has 4 aromatic rings. The Morgan fingerprint density at radius 3 is 2.67 bits per heavy atom. The lowest BCUT2D eigenvalue weighted by Gasteiger charge is -2.26. The molecule has 4 heterocycles. The van der Waals surface area contributed by atoms with Gasteiger partial charge in [-0.15, -0.1) is 0 Å². The van der Waals surface area contributed by atoms with Crippen LogP contribution in [0.15, 0.2) is 49.2 Å². The van der Waals surface area contributed by atoms with Gasteiger partial charge in [-0.25, -0.2) is 14.6 Å². The minimum Gasteiger partial charge on any atom is -0.301 e. The van der Waals surface area contributed by atoms with Crippen LogP contribution >= 0.6 is 0 Å². The van der Waals surface area contributed by atoms with Crippen molar-refractivity contribution in [2.75, 3.05) is 19.6 Å². The molecule has 136 valence electrons. The van der Waals surface area contributed by atoms with Crippen molar-refractivity contribution in [1.29, 1.82) is 0 Å². The summed E-state index contributed by atoms with van der Waals surface area (Å²) in [6, 6.07) is 8.27. The van der Waals surface area contributed by atoms with E-state index < -0.39 is 0 Å². The zero-order valence-corrected chi connectivity index (χ0v) is 15.3. The summed E-state index contributed by atoms with van der Waals surface area (Å²) in [4.78, 5) is 16.0. The van der Waals surface area contributed by atoms with Crippen LogP contribution in [0.2, 0.25) is 0 Å². The number of fused-ring (bicyclic) bond motifs is 2. The van der Waals surface area contributed by atoms with Crippen molar-refractivity contribution in [3.05, 3.63) is 49.2 Å². The fraction of sp³-hybridized carbons (Fsp3) is 0.333. The first kappa shape index (κ1) is 16.3. The third kappa shape index (κ3) is 3.06. The van der Waals surface area contributed by atoms with Gasteiger partial charge < -0.3 is 4.90 Å². The van der Waals surface area contributed by atoms with E-state index in [0.717, 1.165) is 46.2 Å². The van der Waals surface area contributed by atoms with E-state index in [2.05, 4.69) is 37.1 Å². The molecule has 6 heteroatoms. The van der Waals surface area contributed by atoms with E-state index in [-0.39, 0.29) is 0 Å². The van der Waals surface area contributed by atoms with Gasteiger partial charge in [0.15, 0.2) is 5.65 Å². The van der Waals surface area contributed by atoms with E-state index in [1.54, 1.807) is 6.33 Å². The van der Waals surface area contributed by atoms with Crippen LogP contribution in [-0.4, -0.2) is 49.3 Å². The number of hydrogen-bond donors (Lipinski definition) is 0. The molecule has 3 aromatic heterocycles. The first-order valence-corrected chi connectivity index (χ1v) is 9.62. The molecule has 0 unspecified atom stereocenters. The SMILES string of the molecule is c1ccc2c(-c3ncnc4c3cnn4CCN3CCCCC3)cncc2c1. The second-order valence-electron chi connectivity index (χ2n) is 7.14. The lowest BCUT2D eigenvalue weighted by atomic mass is 10.0. The smallest absolute Gasteiger partial charge is 0.161 e. The van der Waals surface area contributed by atoms with Gasteiger partial charge in [0.05, 0.1) is 23.8 Å². The summed E-state index contributed by atoms with van der Waals surface area (Å²) in [5.74, 6) is 0. The fourth-order valence-electron chi connectivity index (χ4n) is 4.00. The van der Waals surface area contributed by atoms with Gasteiger partial charge in [0.2, 0.25) is 0 Å². The van der Waals surface area contributed by atoms with Crippen LogP contribution in [0.5, 0.6) is 0 Å². The molecule has 0 amide bonds. The quantitative estimate of drug-likeness (QED) is 0.558. The lowest BCUT2D eigenvalue weighted by molar-refractivity contribution is 0.219. The number of benzene rings is 1. The third-order valence-corrected chi connectivity index (χ3v) is 5.43. The predicted molar refractivity (Wildman–Crippen MR) is 106 cm³/mol. The molecule has 1 aromatic carbocycles. The van der Waals surface area contributed by atoms with Crippen molar-refractivity contribution >= 4 is 21.8 Å². The fourth-order valence-corrected chi connectivity index (χ4v) is 4.00. The number of likely N-dealkylation sites (tertiary alicyclic amines) is 1. The highest BCUT2D eigenvalue weighted by molar-refractivity contribution is 6.01.